The maximum atomic E-state index is 11.5. The number of hydrogen-bond donors (Lipinski definition) is 3. The van der Waals surface area contributed by atoms with Crippen molar-refractivity contribution in [3.05, 3.63) is 17.5 Å². The quantitative estimate of drug-likeness (QED) is 0.549. The topological polar surface area (TPSA) is 117 Å². The van der Waals surface area contributed by atoms with Crippen LogP contribution in [0.2, 0.25) is 0 Å². The summed E-state index contributed by atoms with van der Waals surface area (Å²) in [7, 11) is 0. The van der Waals surface area contributed by atoms with Crippen molar-refractivity contribution in [2.75, 3.05) is 13.1 Å². The number of nitrogens with two attached hydrogens (primary N) is 1. The molecule has 2 aromatic rings. The number of aromatic amines is 1. The lowest BCUT2D eigenvalue weighted by Gasteiger charge is -2.33. The first-order valence-electron chi connectivity index (χ1n) is 9.19. The molecule has 1 unspecified atom stereocenters. The van der Waals surface area contributed by atoms with Crippen LogP contribution >= 0.6 is 0 Å². The first kappa shape index (κ1) is 19.0. The Morgan fingerprint density at radius 1 is 1.41 bits per heavy atom. The van der Waals surface area contributed by atoms with E-state index in [4.69, 9.17) is 20.6 Å². The number of rotatable bonds is 5. The van der Waals surface area contributed by atoms with E-state index in [0.29, 0.717) is 17.3 Å². The van der Waals surface area contributed by atoms with E-state index in [1.54, 1.807) is 13.8 Å². The molecule has 146 valence electrons. The second-order valence-corrected chi connectivity index (χ2v) is 7.10. The predicted molar refractivity (Wildman–Crippen MR) is 103 cm³/mol. The molecule has 1 aromatic carbocycles. The number of ether oxygens (including phenoxy) is 2. The van der Waals surface area contributed by atoms with Crippen molar-refractivity contribution in [3.63, 3.8) is 0 Å². The number of amidine groups is 1. The van der Waals surface area contributed by atoms with Gasteiger partial charge in [0, 0.05) is 37.6 Å². The summed E-state index contributed by atoms with van der Waals surface area (Å²) in [6.07, 6.45) is 0.888. The molecule has 1 aromatic heterocycles. The number of primary amides is 1. The largest absolute Gasteiger partial charge is 0.486 e. The van der Waals surface area contributed by atoms with Crippen molar-refractivity contribution in [2.45, 2.75) is 52.7 Å². The molecule has 0 bridgehead atoms. The molecule has 1 amide bonds. The van der Waals surface area contributed by atoms with Gasteiger partial charge in [0.15, 0.2) is 17.6 Å². The molecule has 8 nitrogen and oxygen atoms in total. The highest BCUT2D eigenvalue weighted by molar-refractivity contribution is 5.85. The lowest BCUT2D eigenvalue weighted by Crippen LogP contribution is -2.40. The fraction of sp³-hybridized carbons (Fsp3) is 0.526. The average Bonchev–Trinajstić information content (AvgIpc) is 2.99. The Hall–Kier alpha value is -2.77. The number of amides is 1. The number of aromatic nitrogens is 2. The van der Waals surface area contributed by atoms with Crippen molar-refractivity contribution < 1.29 is 14.3 Å². The van der Waals surface area contributed by atoms with Gasteiger partial charge in [-0.3, -0.25) is 10.2 Å². The van der Waals surface area contributed by atoms with Gasteiger partial charge in [-0.2, -0.15) is 0 Å². The van der Waals surface area contributed by atoms with Crippen LogP contribution < -0.4 is 15.2 Å². The maximum Gasteiger partial charge on any atom is 0.258 e. The van der Waals surface area contributed by atoms with Crippen molar-refractivity contribution in [3.8, 4) is 11.5 Å². The third-order valence-electron chi connectivity index (χ3n) is 4.95. The predicted octanol–water partition coefficient (Wildman–Crippen LogP) is 2.27. The van der Waals surface area contributed by atoms with Crippen LogP contribution in [0.15, 0.2) is 6.07 Å². The number of piperidine rings is 1. The Kier molecular flexibility index (Phi) is 5.25. The van der Waals surface area contributed by atoms with Crippen LogP contribution in [-0.2, 0) is 4.79 Å². The van der Waals surface area contributed by atoms with Crippen LogP contribution in [-0.4, -0.2) is 51.9 Å². The third-order valence-corrected chi connectivity index (χ3v) is 4.95. The van der Waals surface area contributed by atoms with Crippen LogP contribution in [0.25, 0.3) is 11.0 Å². The van der Waals surface area contributed by atoms with E-state index in [2.05, 4.69) is 9.97 Å². The highest BCUT2D eigenvalue weighted by Gasteiger charge is 2.25. The number of hydrogen-bond acceptors (Lipinski definition) is 5. The van der Waals surface area contributed by atoms with Gasteiger partial charge in [0.25, 0.3) is 5.91 Å². The lowest BCUT2D eigenvalue weighted by molar-refractivity contribution is -0.124. The Bertz CT molecular complexity index is 868. The van der Waals surface area contributed by atoms with Gasteiger partial charge in [-0.05, 0) is 27.7 Å². The molecule has 1 aliphatic heterocycles. The number of benzene rings is 1. The van der Waals surface area contributed by atoms with Crippen molar-refractivity contribution in [2.24, 2.45) is 5.73 Å². The molecule has 0 radical (unpaired) electrons. The minimum Gasteiger partial charge on any atom is -0.486 e. The van der Waals surface area contributed by atoms with Gasteiger partial charge in [0.05, 0.1) is 16.9 Å². The van der Waals surface area contributed by atoms with Crippen LogP contribution in [0.4, 0.5) is 0 Å². The van der Waals surface area contributed by atoms with Gasteiger partial charge in [-0.25, -0.2) is 4.98 Å². The maximum absolute atomic E-state index is 11.5. The monoisotopic (exact) mass is 373 g/mol. The summed E-state index contributed by atoms with van der Waals surface area (Å²) >= 11 is 0. The molecule has 1 fully saturated rings. The molecule has 4 N–H and O–H groups in total. The van der Waals surface area contributed by atoms with E-state index < -0.39 is 12.0 Å². The number of carbonyl (C=O) groups excluding carboxylic acids is 1. The molecule has 3 rings (SSSR count). The van der Waals surface area contributed by atoms with Crippen LogP contribution in [0.3, 0.4) is 0 Å². The second-order valence-electron chi connectivity index (χ2n) is 7.10. The average molecular weight is 373 g/mol. The van der Waals surface area contributed by atoms with E-state index >= 15 is 0 Å². The zero-order valence-corrected chi connectivity index (χ0v) is 16.3. The smallest absolute Gasteiger partial charge is 0.258 e. The van der Waals surface area contributed by atoms with Crippen molar-refractivity contribution in [1.29, 1.82) is 5.41 Å². The Labute approximate surface area is 158 Å². The molecular formula is C19H27N5O3. The first-order valence-corrected chi connectivity index (χ1v) is 9.19. The van der Waals surface area contributed by atoms with Gasteiger partial charge >= 0.3 is 0 Å². The zero-order valence-electron chi connectivity index (χ0n) is 16.3. The molecular weight excluding hydrogens is 346 g/mol. The Morgan fingerprint density at radius 2 is 2.07 bits per heavy atom. The van der Waals surface area contributed by atoms with Crippen LogP contribution in [0.1, 0.15) is 38.1 Å². The van der Waals surface area contributed by atoms with E-state index in [1.807, 2.05) is 24.8 Å². The number of nitrogens with one attached hydrogen (secondary N) is 2. The normalized spacial score (nSPS) is 16.4. The molecule has 1 atom stereocenters. The number of likely N-dealkylation sites (tertiary alicyclic amines) is 1. The van der Waals surface area contributed by atoms with Gasteiger partial charge < -0.3 is 25.1 Å². The van der Waals surface area contributed by atoms with Gasteiger partial charge in [0.2, 0.25) is 0 Å². The zero-order chi connectivity index (χ0) is 19.7. The minimum atomic E-state index is -0.772. The first-order chi connectivity index (χ1) is 12.8. The second kappa shape index (κ2) is 7.46. The number of nitrogens with zero attached hydrogens (tertiary/aromatic N) is 2. The fourth-order valence-electron chi connectivity index (χ4n) is 3.35. The summed E-state index contributed by atoms with van der Waals surface area (Å²) < 4.78 is 12.1. The Balaban J connectivity index is 1.90. The molecule has 0 spiro atoms. The summed E-state index contributed by atoms with van der Waals surface area (Å²) in [6.45, 7) is 8.80. The summed E-state index contributed by atoms with van der Waals surface area (Å²) in [4.78, 5) is 21.3. The van der Waals surface area contributed by atoms with Crippen molar-refractivity contribution in [1.82, 2.24) is 14.9 Å². The van der Waals surface area contributed by atoms with Gasteiger partial charge in [0.1, 0.15) is 11.9 Å². The fourth-order valence-corrected chi connectivity index (χ4v) is 3.35. The number of imidazole rings is 1. The minimum absolute atomic E-state index is 0.0210. The standard InChI is InChI=1S/C19H27N5O3/c1-10-17-15(22-13(4)23-17)9-16(18(10)26-11(2)19(21)25)27-14-5-7-24(8-6-14)12(3)20/h9,11,14,20H,5-8H2,1-4H3,(H2,21,25)(H,22,23). The number of H-pyrrole nitrogens is 1. The lowest BCUT2D eigenvalue weighted by atomic mass is 10.1. The summed E-state index contributed by atoms with van der Waals surface area (Å²) in [5.74, 6) is 1.94. The number of aryl methyl sites for hydroxylation is 2. The van der Waals surface area contributed by atoms with Gasteiger partial charge in [-0.1, -0.05) is 0 Å². The molecule has 0 aliphatic carbocycles. The van der Waals surface area contributed by atoms with E-state index in [0.717, 1.165) is 48.4 Å². The molecule has 0 saturated carbocycles. The van der Waals surface area contributed by atoms with Crippen molar-refractivity contribution >= 4 is 22.8 Å². The molecule has 1 aliphatic rings. The highest BCUT2D eigenvalue weighted by Crippen LogP contribution is 2.38. The summed E-state index contributed by atoms with van der Waals surface area (Å²) in [6, 6.07) is 1.87. The third kappa shape index (κ3) is 3.99. The molecule has 1 saturated heterocycles. The number of carbonyl (C=O) groups is 1. The van der Waals surface area contributed by atoms with E-state index in [9.17, 15) is 4.79 Å². The highest BCUT2D eigenvalue weighted by atomic mass is 16.5. The summed E-state index contributed by atoms with van der Waals surface area (Å²) in [5.41, 5.74) is 7.85. The molecule has 27 heavy (non-hydrogen) atoms. The number of fused-ring (bicyclic) bond motifs is 1. The van der Waals surface area contributed by atoms with Crippen LogP contribution in [0.5, 0.6) is 11.5 Å². The SMILES string of the molecule is CC(=N)N1CCC(Oc2cc3[nH]c(C)nc3c(C)c2OC(C)C(N)=O)CC1. The van der Waals surface area contributed by atoms with Crippen LogP contribution in [0, 0.1) is 19.3 Å². The summed E-state index contributed by atoms with van der Waals surface area (Å²) in [5, 5.41) is 7.76. The Morgan fingerprint density at radius 3 is 2.67 bits per heavy atom. The van der Waals surface area contributed by atoms with E-state index in [-0.39, 0.29) is 6.10 Å². The molecule has 8 heteroatoms. The molecule has 2 heterocycles. The van der Waals surface area contributed by atoms with E-state index in [1.165, 1.54) is 0 Å². The van der Waals surface area contributed by atoms with Gasteiger partial charge in [-0.15, -0.1) is 0 Å².